The molecule has 0 spiro atoms. The van der Waals surface area contributed by atoms with Gasteiger partial charge < -0.3 is 14.7 Å². The van der Waals surface area contributed by atoms with Gasteiger partial charge in [0.25, 0.3) is 0 Å². The van der Waals surface area contributed by atoms with Crippen LogP contribution in [0, 0.1) is 5.92 Å². The molecule has 0 unspecified atom stereocenters. The summed E-state index contributed by atoms with van der Waals surface area (Å²) in [5.74, 6) is 0.814. The van der Waals surface area contributed by atoms with Gasteiger partial charge in [0.1, 0.15) is 0 Å². The zero-order valence-electron chi connectivity index (χ0n) is 17.8. The molecule has 4 nitrogen and oxygen atoms in total. The molecule has 1 saturated carbocycles. The van der Waals surface area contributed by atoms with Crippen molar-refractivity contribution in [2.45, 2.75) is 90.4 Å². The van der Waals surface area contributed by atoms with E-state index in [9.17, 15) is 5.11 Å². The van der Waals surface area contributed by atoms with Gasteiger partial charge in [-0.25, -0.2) is 0 Å². The minimum absolute atomic E-state index is 0.0560. The van der Waals surface area contributed by atoms with E-state index in [4.69, 9.17) is 4.74 Å². The van der Waals surface area contributed by atoms with Crippen LogP contribution in [0.5, 0.6) is 0 Å². The van der Waals surface area contributed by atoms with Gasteiger partial charge in [-0.15, -0.1) is 0 Å². The number of ether oxygens (including phenoxy) is 1. The third-order valence-corrected chi connectivity index (χ3v) is 6.38. The average molecular weight is 357 g/mol. The van der Waals surface area contributed by atoms with Crippen molar-refractivity contribution < 1.29 is 9.84 Å². The normalized spacial score (nSPS) is 24.6. The van der Waals surface area contributed by atoms with Gasteiger partial charge in [-0.1, -0.05) is 13.8 Å². The third kappa shape index (κ3) is 7.16. The largest absolute Gasteiger partial charge is 0.393 e. The van der Waals surface area contributed by atoms with Gasteiger partial charge in [-0.05, 0) is 84.8 Å². The van der Waals surface area contributed by atoms with Crippen LogP contribution in [0.1, 0.15) is 72.6 Å². The number of methoxy groups -OCH3 is 1. The first-order valence-electron chi connectivity index (χ1n) is 10.6. The van der Waals surface area contributed by atoms with Crippen LogP contribution >= 0.6 is 0 Å². The van der Waals surface area contributed by atoms with E-state index in [2.05, 4.69) is 30.7 Å². The fraction of sp³-hybridized carbons (Fsp3) is 1.00. The van der Waals surface area contributed by atoms with Crippen molar-refractivity contribution in [2.75, 3.05) is 40.3 Å². The molecule has 2 aliphatic heterocycles. The van der Waals surface area contributed by atoms with Gasteiger partial charge in [0, 0.05) is 25.7 Å². The smallest absolute Gasteiger partial charge is 0.0571 e. The number of rotatable bonds is 3. The standard InChI is InChI=1S/C14H28N2O.C5H10O.C2H6/c1-14(2,12-4-8-15(3)9-5-12)16-10-6-13(17)7-11-16;1-6-5-3-2-4-5;1-2/h12-13,17H,4-11H2,1-3H3;5H,2-4H2,1H3;1-2H3. The molecule has 2 saturated heterocycles. The lowest BCUT2D eigenvalue weighted by Gasteiger charge is -2.49. The molecule has 1 N–H and O–H groups in total. The lowest BCUT2D eigenvalue weighted by Crippen LogP contribution is -2.55. The van der Waals surface area contributed by atoms with Crippen molar-refractivity contribution in [1.82, 2.24) is 9.80 Å². The lowest BCUT2D eigenvalue weighted by molar-refractivity contribution is -0.0124. The summed E-state index contributed by atoms with van der Waals surface area (Å²) in [6.07, 6.45) is 9.06. The zero-order valence-corrected chi connectivity index (χ0v) is 17.8. The van der Waals surface area contributed by atoms with E-state index in [1.54, 1.807) is 7.11 Å². The van der Waals surface area contributed by atoms with Gasteiger partial charge in [0.15, 0.2) is 0 Å². The summed E-state index contributed by atoms with van der Waals surface area (Å²) >= 11 is 0. The predicted molar refractivity (Wildman–Crippen MR) is 107 cm³/mol. The molecule has 2 heterocycles. The topological polar surface area (TPSA) is 35.9 Å². The second-order valence-corrected chi connectivity index (χ2v) is 8.24. The summed E-state index contributed by atoms with van der Waals surface area (Å²) in [4.78, 5) is 5.04. The van der Waals surface area contributed by atoms with Crippen molar-refractivity contribution >= 4 is 0 Å². The Balaban J connectivity index is 0.000000326. The van der Waals surface area contributed by atoms with E-state index < -0.39 is 0 Å². The maximum Gasteiger partial charge on any atom is 0.0571 e. The first-order chi connectivity index (χ1) is 11.9. The maximum absolute atomic E-state index is 9.60. The van der Waals surface area contributed by atoms with E-state index in [0.717, 1.165) is 31.8 Å². The Morgan fingerprint density at radius 3 is 1.76 bits per heavy atom. The summed E-state index contributed by atoms with van der Waals surface area (Å²) in [5, 5.41) is 9.60. The van der Waals surface area contributed by atoms with Crippen LogP contribution in [0.4, 0.5) is 0 Å². The van der Waals surface area contributed by atoms with Crippen LogP contribution < -0.4 is 0 Å². The summed E-state index contributed by atoms with van der Waals surface area (Å²) in [7, 11) is 4.00. The van der Waals surface area contributed by atoms with E-state index >= 15 is 0 Å². The number of hydrogen-bond acceptors (Lipinski definition) is 4. The van der Waals surface area contributed by atoms with Crippen molar-refractivity contribution in [3.05, 3.63) is 0 Å². The Labute approximate surface area is 156 Å². The molecule has 1 aliphatic carbocycles. The highest BCUT2D eigenvalue weighted by atomic mass is 16.5. The Morgan fingerprint density at radius 1 is 0.880 bits per heavy atom. The van der Waals surface area contributed by atoms with Gasteiger partial charge in [-0.3, -0.25) is 4.90 Å². The van der Waals surface area contributed by atoms with Crippen LogP contribution in [0.3, 0.4) is 0 Å². The molecule has 0 aromatic carbocycles. The van der Waals surface area contributed by atoms with Crippen LogP contribution in [0.15, 0.2) is 0 Å². The summed E-state index contributed by atoms with van der Waals surface area (Å²) in [6, 6.07) is 0. The van der Waals surface area contributed by atoms with E-state index in [1.807, 2.05) is 13.8 Å². The third-order valence-electron chi connectivity index (χ3n) is 6.38. The monoisotopic (exact) mass is 356 g/mol. The number of hydrogen-bond donors (Lipinski definition) is 1. The second-order valence-electron chi connectivity index (χ2n) is 8.24. The Hall–Kier alpha value is -0.160. The fourth-order valence-electron chi connectivity index (χ4n) is 4.02. The molecule has 0 bridgehead atoms. The number of aliphatic hydroxyl groups is 1. The van der Waals surface area contributed by atoms with Crippen molar-refractivity contribution in [1.29, 1.82) is 0 Å². The molecule has 0 radical (unpaired) electrons. The molecule has 3 aliphatic rings. The zero-order chi connectivity index (χ0) is 18.9. The molecule has 3 rings (SSSR count). The molecular weight excluding hydrogens is 312 g/mol. The maximum atomic E-state index is 9.60. The van der Waals surface area contributed by atoms with E-state index in [0.29, 0.717) is 11.6 Å². The molecule has 0 amide bonds. The molecule has 0 aromatic heterocycles. The number of nitrogens with zero attached hydrogens (tertiary/aromatic N) is 2. The van der Waals surface area contributed by atoms with Crippen LogP contribution in [0.25, 0.3) is 0 Å². The van der Waals surface area contributed by atoms with Crippen molar-refractivity contribution in [3.8, 4) is 0 Å². The van der Waals surface area contributed by atoms with Gasteiger partial charge in [-0.2, -0.15) is 0 Å². The highest BCUT2D eigenvalue weighted by Crippen LogP contribution is 2.34. The molecule has 0 atom stereocenters. The number of likely N-dealkylation sites (tertiary alicyclic amines) is 2. The SMILES string of the molecule is CC.CN1CCC(C(C)(C)N2CCC(O)CC2)CC1.COC1CCC1. The van der Waals surface area contributed by atoms with Crippen LogP contribution in [0.2, 0.25) is 0 Å². The highest BCUT2D eigenvalue weighted by Gasteiger charge is 2.37. The molecule has 3 fully saturated rings. The molecule has 25 heavy (non-hydrogen) atoms. The quantitative estimate of drug-likeness (QED) is 0.835. The van der Waals surface area contributed by atoms with Gasteiger partial charge in [0.2, 0.25) is 0 Å². The Kier molecular flexibility index (Phi) is 10.6. The molecular formula is C21H44N2O2. The lowest BCUT2D eigenvalue weighted by atomic mass is 9.78. The summed E-state index contributed by atoms with van der Waals surface area (Å²) in [5.41, 5.74) is 0.307. The molecule has 0 aromatic rings. The fourth-order valence-corrected chi connectivity index (χ4v) is 4.02. The summed E-state index contributed by atoms with van der Waals surface area (Å²) in [6.45, 7) is 13.4. The Bertz CT molecular complexity index is 302. The predicted octanol–water partition coefficient (Wildman–Crippen LogP) is 3.78. The highest BCUT2D eigenvalue weighted by molar-refractivity contribution is 4.93. The van der Waals surface area contributed by atoms with Crippen LogP contribution in [-0.4, -0.2) is 73.0 Å². The minimum atomic E-state index is -0.0560. The van der Waals surface area contributed by atoms with Gasteiger partial charge in [0.05, 0.1) is 12.2 Å². The molecule has 4 heteroatoms. The number of aliphatic hydroxyl groups excluding tert-OH is 1. The van der Waals surface area contributed by atoms with E-state index in [1.165, 1.54) is 45.2 Å². The number of piperidine rings is 2. The minimum Gasteiger partial charge on any atom is -0.393 e. The first-order valence-corrected chi connectivity index (χ1v) is 10.6. The van der Waals surface area contributed by atoms with Gasteiger partial charge >= 0.3 is 0 Å². The van der Waals surface area contributed by atoms with Crippen LogP contribution in [-0.2, 0) is 4.74 Å². The molecule has 150 valence electrons. The second kappa shape index (κ2) is 11.5. The Morgan fingerprint density at radius 2 is 1.40 bits per heavy atom. The first kappa shape index (κ1) is 22.9. The summed E-state index contributed by atoms with van der Waals surface area (Å²) < 4.78 is 4.99. The van der Waals surface area contributed by atoms with E-state index in [-0.39, 0.29) is 6.10 Å². The van der Waals surface area contributed by atoms with Crippen molar-refractivity contribution in [3.63, 3.8) is 0 Å². The van der Waals surface area contributed by atoms with Crippen molar-refractivity contribution in [2.24, 2.45) is 5.92 Å². The average Bonchev–Trinajstić information content (AvgIpc) is 2.57.